The van der Waals surface area contributed by atoms with Crippen LogP contribution < -0.4 is 10.1 Å². The first kappa shape index (κ1) is 14.8. The van der Waals surface area contributed by atoms with Crippen LogP contribution in [0.4, 0.5) is 10.1 Å². The standard InChI is InChI=1S/C14H10BrClFNO2/c15-12-7-11(4-5-13(12)17)20-8-14(19)18-10-3-1-2-9(16)6-10/h1-7H,8H2,(H,18,19). The van der Waals surface area contributed by atoms with Gasteiger partial charge in [-0.25, -0.2) is 4.39 Å². The molecule has 0 aliphatic carbocycles. The minimum atomic E-state index is -0.388. The lowest BCUT2D eigenvalue weighted by molar-refractivity contribution is -0.118. The molecule has 2 aromatic rings. The zero-order valence-corrected chi connectivity index (χ0v) is 12.5. The minimum Gasteiger partial charge on any atom is -0.484 e. The Hall–Kier alpha value is -1.59. The van der Waals surface area contributed by atoms with Gasteiger partial charge >= 0.3 is 0 Å². The van der Waals surface area contributed by atoms with Crippen LogP contribution in [0.15, 0.2) is 46.9 Å². The molecule has 104 valence electrons. The van der Waals surface area contributed by atoms with Gasteiger partial charge in [0.05, 0.1) is 4.47 Å². The molecular formula is C14H10BrClFNO2. The summed E-state index contributed by atoms with van der Waals surface area (Å²) < 4.78 is 18.6. The summed E-state index contributed by atoms with van der Waals surface area (Å²) in [7, 11) is 0. The lowest BCUT2D eigenvalue weighted by atomic mass is 10.3. The highest BCUT2D eigenvalue weighted by molar-refractivity contribution is 9.10. The van der Waals surface area contributed by atoms with Crippen LogP contribution in [-0.4, -0.2) is 12.5 Å². The normalized spacial score (nSPS) is 10.2. The first-order valence-corrected chi connectivity index (χ1v) is 6.85. The molecule has 1 N–H and O–H groups in total. The number of benzene rings is 2. The number of rotatable bonds is 4. The Morgan fingerprint density at radius 2 is 2.10 bits per heavy atom. The highest BCUT2D eigenvalue weighted by Gasteiger charge is 2.06. The molecular weight excluding hydrogens is 349 g/mol. The van der Waals surface area contributed by atoms with Crippen molar-refractivity contribution in [1.29, 1.82) is 0 Å². The van der Waals surface area contributed by atoms with Crippen molar-refractivity contribution in [3.05, 3.63) is 57.8 Å². The second kappa shape index (κ2) is 6.72. The van der Waals surface area contributed by atoms with Crippen molar-refractivity contribution in [2.45, 2.75) is 0 Å². The number of halogens is 3. The molecule has 2 aromatic carbocycles. The summed E-state index contributed by atoms with van der Waals surface area (Å²) in [5.74, 6) is -0.312. The van der Waals surface area contributed by atoms with Gasteiger partial charge in [-0.1, -0.05) is 17.7 Å². The molecule has 0 spiro atoms. The molecule has 0 saturated heterocycles. The van der Waals surface area contributed by atoms with Crippen molar-refractivity contribution >= 4 is 39.1 Å². The predicted octanol–water partition coefficient (Wildman–Crippen LogP) is 4.26. The summed E-state index contributed by atoms with van der Waals surface area (Å²) in [6.45, 7) is -0.176. The molecule has 3 nitrogen and oxygen atoms in total. The number of ether oxygens (including phenoxy) is 1. The van der Waals surface area contributed by atoms with Crippen LogP contribution in [-0.2, 0) is 4.79 Å². The van der Waals surface area contributed by atoms with Crippen molar-refractivity contribution in [3.63, 3.8) is 0 Å². The fourth-order valence-electron chi connectivity index (χ4n) is 1.48. The van der Waals surface area contributed by atoms with Crippen LogP contribution in [0.1, 0.15) is 0 Å². The lowest BCUT2D eigenvalue weighted by Gasteiger charge is -2.08. The highest BCUT2D eigenvalue weighted by atomic mass is 79.9. The zero-order chi connectivity index (χ0) is 14.5. The van der Waals surface area contributed by atoms with Gasteiger partial charge < -0.3 is 10.1 Å². The molecule has 0 atom stereocenters. The average molecular weight is 359 g/mol. The highest BCUT2D eigenvalue weighted by Crippen LogP contribution is 2.21. The number of nitrogens with one attached hydrogen (secondary N) is 1. The third-order valence-corrected chi connectivity index (χ3v) is 3.21. The molecule has 20 heavy (non-hydrogen) atoms. The second-order valence-electron chi connectivity index (χ2n) is 3.92. The molecule has 0 radical (unpaired) electrons. The molecule has 6 heteroatoms. The van der Waals surface area contributed by atoms with Crippen molar-refractivity contribution < 1.29 is 13.9 Å². The summed E-state index contributed by atoms with van der Waals surface area (Å²) in [5.41, 5.74) is 0.589. The van der Waals surface area contributed by atoms with E-state index in [-0.39, 0.29) is 22.8 Å². The largest absolute Gasteiger partial charge is 0.484 e. The Morgan fingerprint density at radius 3 is 2.80 bits per heavy atom. The van der Waals surface area contributed by atoms with Gasteiger partial charge in [-0.15, -0.1) is 0 Å². The van der Waals surface area contributed by atoms with Gasteiger partial charge in [-0.2, -0.15) is 0 Å². The van der Waals surface area contributed by atoms with Crippen molar-refractivity contribution in [2.75, 3.05) is 11.9 Å². The van der Waals surface area contributed by atoms with Crippen LogP contribution in [0.5, 0.6) is 5.75 Å². The Morgan fingerprint density at radius 1 is 1.30 bits per heavy atom. The van der Waals surface area contributed by atoms with E-state index in [1.54, 1.807) is 24.3 Å². The van der Waals surface area contributed by atoms with E-state index in [1.807, 2.05) is 0 Å². The maximum Gasteiger partial charge on any atom is 0.262 e. The van der Waals surface area contributed by atoms with E-state index >= 15 is 0 Å². The van der Waals surface area contributed by atoms with Crippen LogP contribution in [0.25, 0.3) is 0 Å². The van der Waals surface area contributed by atoms with E-state index in [0.29, 0.717) is 16.5 Å². The molecule has 0 bridgehead atoms. The summed E-state index contributed by atoms with van der Waals surface area (Å²) in [5, 5.41) is 3.18. The van der Waals surface area contributed by atoms with Gasteiger partial charge in [-0.05, 0) is 52.3 Å². The number of hydrogen-bond donors (Lipinski definition) is 1. The van der Waals surface area contributed by atoms with Crippen LogP contribution in [0.2, 0.25) is 5.02 Å². The van der Waals surface area contributed by atoms with Crippen LogP contribution in [0, 0.1) is 5.82 Å². The quantitative estimate of drug-likeness (QED) is 0.887. The van der Waals surface area contributed by atoms with Crippen molar-refractivity contribution in [3.8, 4) is 5.75 Å². The van der Waals surface area contributed by atoms with E-state index in [1.165, 1.54) is 18.2 Å². The summed E-state index contributed by atoms with van der Waals surface area (Å²) >= 11 is 8.85. The van der Waals surface area contributed by atoms with Gasteiger partial charge in [0.15, 0.2) is 6.61 Å². The molecule has 0 fully saturated rings. The Balaban J connectivity index is 1.90. The monoisotopic (exact) mass is 357 g/mol. The molecule has 0 unspecified atom stereocenters. The van der Waals surface area contributed by atoms with Gasteiger partial charge in [0, 0.05) is 10.7 Å². The Labute approximate surface area is 128 Å². The fraction of sp³-hybridized carbons (Fsp3) is 0.0714. The second-order valence-corrected chi connectivity index (χ2v) is 5.21. The minimum absolute atomic E-state index is 0.176. The van der Waals surface area contributed by atoms with Crippen LogP contribution in [0.3, 0.4) is 0 Å². The van der Waals surface area contributed by atoms with E-state index in [0.717, 1.165) is 0 Å². The van der Waals surface area contributed by atoms with Crippen LogP contribution >= 0.6 is 27.5 Å². The molecule has 0 aromatic heterocycles. The summed E-state index contributed by atoms with van der Waals surface area (Å²) in [6.07, 6.45) is 0. The third kappa shape index (κ3) is 4.21. The van der Waals surface area contributed by atoms with Crippen molar-refractivity contribution in [1.82, 2.24) is 0 Å². The molecule has 0 aliphatic rings. The van der Waals surface area contributed by atoms with Gasteiger partial charge in [0.1, 0.15) is 11.6 Å². The SMILES string of the molecule is O=C(COc1ccc(F)c(Br)c1)Nc1cccc(Cl)c1. The molecule has 0 heterocycles. The first-order valence-electron chi connectivity index (χ1n) is 5.68. The van der Waals surface area contributed by atoms with E-state index in [4.69, 9.17) is 16.3 Å². The summed E-state index contributed by atoms with van der Waals surface area (Å²) in [6, 6.07) is 11.0. The number of carbonyl (C=O) groups excluding carboxylic acids is 1. The Bertz CT molecular complexity index is 636. The lowest BCUT2D eigenvalue weighted by Crippen LogP contribution is -2.20. The topological polar surface area (TPSA) is 38.3 Å². The average Bonchev–Trinajstić information content (AvgIpc) is 2.40. The molecule has 0 aliphatic heterocycles. The van der Waals surface area contributed by atoms with Gasteiger partial charge in [0.2, 0.25) is 0 Å². The number of anilines is 1. The summed E-state index contributed by atoms with van der Waals surface area (Å²) in [4.78, 5) is 11.7. The molecule has 0 saturated carbocycles. The maximum atomic E-state index is 13.0. The number of carbonyl (C=O) groups is 1. The van der Waals surface area contributed by atoms with E-state index < -0.39 is 0 Å². The Kier molecular flexibility index (Phi) is 4.98. The first-order chi connectivity index (χ1) is 9.54. The maximum absolute atomic E-state index is 13.0. The third-order valence-electron chi connectivity index (χ3n) is 2.37. The smallest absolute Gasteiger partial charge is 0.262 e. The van der Waals surface area contributed by atoms with E-state index in [2.05, 4.69) is 21.2 Å². The number of hydrogen-bond acceptors (Lipinski definition) is 2. The van der Waals surface area contributed by atoms with Crippen molar-refractivity contribution in [2.24, 2.45) is 0 Å². The van der Waals surface area contributed by atoms with Gasteiger partial charge in [-0.3, -0.25) is 4.79 Å². The van der Waals surface area contributed by atoms with E-state index in [9.17, 15) is 9.18 Å². The fourth-order valence-corrected chi connectivity index (χ4v) is 2.03. The number of amides is 1. The molecule has 1 amide bonds. The molecule has 2 rings (SSSR count). The van der Waals surface area contributed by atoms with Gasteiger partial charge in [0.25, 0.3) is 5.91 Å². The zero-order valence-electron chi connectivity index (χ0n) is 10.2. The predicted molar refractivity (Wildman–Crippen MR) is 79.7 cm³/mol.